The maximum absolute atomic E-state index is 4.23. The van der Waals surface area contributed by atoms with E-state index in [-0.39, 0.29) is 5.54 Å². The van der Waals surface area contributed by atoms with Crippen molar-refractivity contribution in [3.8, 4) is 0 Å². The average molecular weight is 293 g/mol. The molecule has 1 aromatic heterocycles. The smallest absolute Gasteiger partial charge is 0.0965 e. The van der Waals surface area contributed by atoms with E-state index in [1.165, 1.54) is 32.2 Å². The molecule has 21 heavy (non-hydrogen) atoms. The van der Waals surface area contributed by atoms with Crippen LogP contribution in [0.5, 0.6) is 0 Å². The van der Waals surface area contributed by atoms with Gasteiger partial charge in [-0.05, 0) is 46.6 Å². The topological polar surface area (TPSA) is 46.0 Å². The van der Waals surface area contributed by atoms with E-state index in [9.17, 15) is 0 Å². The van der Waals surface area contributed by atoms with Gasteiger partial charge in [-0.1, -0.05) is 18.1 Å². The van der Waals surface area contributed by atoms with Gasteiger partial charge in [-0.2, -0.15) is 0 Å². The third-order valence-electron chi connectivity index (χ3n) is 4.14. The molecule has 5 nitrogen and oxygen atoms in total. The Bertz CT molecular complexity index is 415. The van der Waals surface area contributed by atoms with Crippen LogP contribution in [-0.4, -0.2) is 45.6 Å². The van der Waals surface area contributed by atoms with Crippen LogP contribution in [-0.2, 0) is 13.1 Å². The molecule has 2 rings (SSSR count). The number of nitrogens with one attached hydrogen (secondary N) is 1. The third-order valence-corrected chi connectivity index (χ3v) is 4.14. The quantitative estimate of drug-likeness (QED) is 0.838. The van der Waals surface area contributed by atoms with E-state index in [4.69, 9.17) is 0 Å². The predicted octanol–water partition coefficient (Wildman–Crippen LogP) is 2.29. The summed E-state index contributed by atoms with van der Waals surface area (Å²) in [5.41, 5.74) is 1.13. The van der Waals surface area contributed by atoms with Crippen LogP contribution in [0.15, 0.2) is 6.20 Å². The van der Waals surface area contributed by atoms with Crippen molar-refractivity contribution in [2.45, 2.75) is 65.1 Å². The summed E-state index contributed by atoms with van der Waals surface area (Å²) in [6.07, 6.45) is 7.73. The van der Waals surface area contributed by atoms with Crippen LogP contribution in [0.3, 0.4) is 0 Å². The first-order valence-electron chi connectivity index (χ1n) is 8.25. The molecule has 1 aliphatic carbocycles. The van der Waals surface area contributed by atoms with Crippen LogP contribution in [0, 0.1) is 5.92 Å². The van der Waals surface area contributed by atoms with E-state index >= 15 is 0 Å². The summed E-state index contributed by atoms with van der Waals surface area (Å²) in [5, 5.41) is 11.9. The molecule has 0 radical (unpaired) electrons. The fraction of sp³-hybridized carbons (Fsp3) is 0.875. The lowest BCUT2D eigenvalue weighted by Gasteiger charge is -2.20. The van der Waals surface area contributed by atoms with Crippen LogP contribution < -0.4 is 5.32 Å². The Kier molecular flexibility index (Phi) is 5.76. The zero-order chi connectivity index (χ0) is 15.3. The second-order valence-corrected chi connectivity index (χ2v) is 7.49. The zero-order valence-electron chi connectivity index (χ0n) is 14.1. The third kappa shape index (κ3) is 6.14. The van der Waals surface area contributed by atoms with E-state index in [1.54, 1.807) is 0 Å². The minimum atomic E-state index is 0.116. The summed E-state index contributed by atoms with van der Waals surface area (Å²) >= 11 is 0. The normalized spacial score (nSPS) is 17.0. The SMILES string of the molecule is CN(CCn1cc(CNC(C)(C)C)nn1)CC1CCCC1. The Labute approximate surface area is 129 Å². The lowest BCUT2D eigenvalue weighted by Crippen LogP contribution is -2.35. The van der Waals surface area contributed by atoms with Crippen molar-refractivity contribution >= 4 is 0 Å². The van der Waals surface area contributed by atoms with Gasteiger partial charge in [0.2, 0.25) is 0 Å². The number of likely N-dealkylation sites (N-methyl/N-ethyl adjacent to an activating group) is 1. The first-order chi connectivity index (χ1) is 9.92. The van der Waals surface area contributed by atoms with Crippen molar-refractivity contribution in [3.63, 3.8) is 0 Å². The van der Waals surface area contributed by atoms with Crippen molar-refractivity contribution in [1.29, 1.82) is 0 Å². The Morgan fingerprint density at radius 2 is 2.05 bits per heavy atom. The van der Waals surface area contributed by atoms with E-state index in [0.29, 0.717) is 0 Å². The summed E-state index contributed by atoms with van der Waals surface area (Å²) in [5.74, 6) is 0.914. The molecule has 0 atom stereocenters. The molecule has 0 aromatic carbocycles. The van der Waals surface area contributed by atoms with Gasteiger partial charge in [0, 0.05) is 31.4 Å². The maximum atomic E-state index is 4.23. The van der Waals surface area contributed by atoms with E-state index in [0.717, 1.165) is 31.2 Å². The van der Waals surface area contributed by atoms with Gasteiger partial charge in [-0.25, -0.2) is 0 Å². The molecule has 5 heteroatoms. The zero-order valence-corrected chi connectivity index (χ0v) is 14.1. The highest BCUT2D eigenvalue weighted by molar-refractivity contribution is 4.93. The van der Waals surface area contributed by atoms with Gasteiger partial charge in [0.1, 0.15) is 0 Å². The lowest BCUT2D eigenvalue weighted by atomic mass is 10.1. The van der Waals surface area contributed by atoms with Gasteiger partial charge >= 0.3 is 0 Å². The molecule has 0 spiro atoms. The molecule has 120 valence electrons. The van der Waals surface area contributed by atoms with Gasteiger partial charge in [-0.15, -0.1) is 5.10 Å². The highest BCUT2D eigenvalue weighted by Gasteiger charge is 2.16. The average Bonchev–Trinajstić information content (AvgIpc) is 3.04. The van der Waals surface area contributed by atoms with Crippen LogP contribution in [0.25, 0.3) is 0 Å². The number of aromatic nitrogens is 3. The summed E-state index contributed by atoms with van der Waals surface area (Å²) in [4.78, 5) is 2.44. The summed E-state index contributed by atoms with van der Waals surface area (Å²) < 4.78 is 1.96. The van der Waals surface area contributed by atoms with E-state index in [2.05, 4.69) is 54.5 Å². The van der Waals surface area contributed by atoms with Crippen molar-refractivity contribution in [3.05, 3.63) is 11.9 Å². The highest BCUT2D eigenvalue weighted by atomic mass is 15.4. The monoisotopic (exact) mass is 293 g/mol. The standard InChI is InChI=1S/C16H31N5/c1-16(2,3)17-11-15-13-21(19-18-15)10-9-20(4)12-14-7-5-6-8-14/h13-14,17H,5-12H2,1-4H3. The Morgan fingerprint density at radius 3 is 2.71 bits per heavy atom. The minimum Gasteiger partial charge on any atom is -0.306 e. The molecule has 1 N–H and O–H groups in total. The molecule has 1 heterocycles. The molecule has 0 saturated heterocycles. The molecule has 1 saturated carbocycles. The second-order valence-electron chi connectivity index (χ2n) is 7.49. The van der Waals surface area contributed by atoms with Crippen LogP contribution in [0.1, 0.15) is 52.1 Å². The van der Waals surface area contributed by atoms with Gasteiger partial charge in [0.15, 0.2) is 0 Å². The van der Waals surface area contributed by atoms with Crippen LogP contribution in [0.2, 0.25) is 0 Å². The van der Waals surface area contributed by atoms with Crippen molar-refractivity contribution in [2.75, 3.05) is 20.1 Å². The van der Waals surface area contributed by atoms with Gasteiger partial charge in [-0.3, -0.25) is 4.68 Å². The number of rotatable bonds is 7. The Balaban J connectivity index is 1.69. The molecule has 0 aliphatic heterocycles. The predicted molar refractivity (Wildman–Crippen MR) is 86.1 cm³/mol. The van der Waals surface area contributed by atoms with Crippen LogP contribution >= 0.6 is 0 Å². The number of hydrogen-bond acceptors (Lipinski definition) is 4. The summed E-state index contributed by atoms with van der Waals surface area (Å²) in [6, 6.07) is 0. The molecule has 1 aliphatic rings. The summed E-state index contributed by atoms with van der Waals surface area (Å²) in [6.45, 7) is 10.5. The minimum absolute atomic E-state index is 0.116. The summed E-state index contributed by atoms with van der Waals surface area (Å²) in [7, 11) is 2.22. The fourth-order valence-corrected chi connectivity index (χ4v) is 2.88. The molecular weight excluding hydrogens is 262 g/mol. The number of nitrogens with zero attached hydrogens (tertiary/aromatic N) is 4. The lowest BCUT2D eigenvalue weighted by molar-refractivity contribution is 0.263. The number of hydrogen-bond donors (Lipinski definition) is 1. The molecule has 0 amide bonds. The molecule has 0 bridgehead atoms. The van der Waals surface area contributed by atoms with Crippen LogP contribution in [0.4, 0.5) is 0 Å². The Morgan fingerprint density at radius 1 is 1.33 bits per heavy atom. The first-order valence-corrected chi connectivity index (χ1v) is 8.25. The Hall–Kier alpha value is -0.940. The second kappa shape index (κ2) is 7.36. The molecule has 0 unspecified atom stereocenters. The van der Waals surface area contributed by atoms with Crippen molar-refractivity contribution in [1.82, 2.24) is 25.2 Å². The van der Waals surface area contributed by atoms with Crippen molar-refractivity contribution in [2.24, 2.45) is 5.92 Å². The highest BCUT2D eigenvalue weighted by Crippen LogP contribution is 2.24. The van der Waals surface area contributed by atoms with Gasteiger partial charge in [0.25, 0.3) is 0 Å². The molecular formula is C16H31N5. The fourth-order valence-electron chi connectivity index (χ4n) is 2.88. The maximum Gasteiger partial charge on any atom is 0.0965 e. The van der Waals surface area contributed by atoms with Gasteiger partial charge < -0.3 is 10.2 Å². The molecule has 1 fully saturated rings. The first kappa shape index (κ1) is 16.4. The van der Waals surface area contributed by atoms with Crippen molar-refractivity contribution < 1.29 is 0 Å². The largest absolute Gasteiger partial charge is 0.306 e. The van der Waals surface area contributed by atoms with E-state index < -0.39 is 0 Å². The van der Waals surface area contributed by atoms with E-state index in [1.807, 2.05) is 4.68 Å². The van der Waals surface area contributed by atoms with Gasteiger partial charge in [0.05, 0.1) is 12.2 Å². The molecule has 1 aromatic rings.